The van der Waals surface area contributed by atoms with E-state index in [1.165, 1.54) is 10.9 Å². The molecule has 3 aromatic rings. The Morgan fingerprint density at radius 2 is 2.05 bits per heavy atom. The topological polar surface area (TPSA) is 38.1 Å². The predicted molar refractivity (Wildman–Crippen MR) is 85.2 cm³/mol. The van der Waals surface area contributed by atoms with Crippen molar-refractivity contribution in [2.24, 2.45) is 0 Å². The highest BCUT2D eigenvalue weighted by Gasteiger charge is 2.16. The van der Waals surface area contributed by atoms with E-state index in [1.807, 2.05) is 24.4 Å². The molecule has 0 saturated heterocycles. The van der Waals surface area contributed by atoms with Crippen LogP contribution in [0.15, 0.2) is 59.3 Å². The minimum atomic E-state index is 0.217. The van der Waals surface area contributed by atoms with Gasteiger partial charge in [-0.15, -0.1) is 0 Å². The molecule has 0 aliphatic rings. The fraction of sp³-hybridized carbons (Fsp3) is 0.278. The lowest BCUT2D eigenvalue weighted by Gasteiger charge is -2.19. The Kier molecular flexibility index (Phi) is 4.31. The fourth-order valence-electron chi connectivity index (χ4n) is 2.65. The van der Waals surface area contributed by atoms with Crippen LogP contribution in [0.5, 0.6) is 0 Å². The summed E-state index contributed by atoms with van der Waals surface area (Å²) in [6, 6.07) is 14.6. The molecule has 0 aliphatic carbocycles. The number of hydrogen-bond donors (Lipinski definition) is 1. The van der Waals surface area contributed by atoms with Crippen LogP contribution in [0.2, 0.25) is 0 Å². The maximum atomic E-state index is 5.52. The Bertz CT molecular complexity index is 686. The molecular weight excluding hydrogens is 260 g/mol. The van der Waals surface area contributed by atoms with Crippen molar-refractivity contribution in [2.45, 2.75) is 25.8 Å². The SMILES string of the molecule is CCCNC(Cc1ccco1)c1cccc2cccnc12. The van der Waals surface area contributed by atoms with Crippen molar-refractivity contribution < 1.29 is 4.42 Å². The summed E-state index contributed by atoms with van der Waals surface area (Å²) >= 11 is 0. The number of fused-ring (bicyclic) bond motifs is 1. The van der Waals surface area contributed by atoms with Crippen molar-refractivity contribution in [3.63, 3.8) is 0 Å². The molecule has 0 radical (unpaired) electrons. The molecule has 108 valence electrons. The van der Waals surface area contributed by atoms with E-state index in [0.717, 1.165) is 30.7 Å². The van der Waals surface area contributed by atoms with Gasteiger partial charge in [0, 0.05) is 24.0 Å². The van der Waals surface area contributed by atoms with E-state index >= 15 is 0 Å². The maximum absolute atomic E-state index is 5.52. The van der Waals surface area contributed by atoms with Gasteiger partial charge in [-0.25, -0.2) is 0 Å². The zero-order valence-corrected chi connectivity index (χ0v) is 12.3. The second kappa shape index (κ2) is 6.55. The predicted octanol–water partition coefficient (Wildman–Crippen LogP) is 4.11. The number of rotatable bonds is 6. The second-order valence-electron chi connectivity index (χ2n) is 5.21. The maximum Gasteiger partial charge on any atom is 0.105 e. The van der Waals surface area contributed by atoms with Crippen molar-refractivity contribution in [1.29, 1.82) is 0 Å². The van der Waals surface area contributed by atoms with Crippen LogP contribution in [0.1, 0.15) is 30.7 Å². The lowest BCUT2D eigenvalue weighted by molar-refractivity contribution is 0.450. The lowest BCUT2D eigenvalue weighted by atomic mass is 9.99. The number of nitrogens with one attached hydrogen (secondary N) is 1. The van der Waals surface area contributed by atoms with E-state index < -0.39 is 0 Å². The quantitative estimate of drug-likeness (QED) is 0.738. The number of benzene rings is 1. The summed E-state index contributed by atoms with van der Waals surface area (Å²) in [4.78, 5) is 4.57. The van der Waals surface area contributed by atoms with Gasteiger partial charge >= 0.3 is 0 Å². The largest absolute Gasteiger partial charge is 0.469 e. The number of pyridine rings is 1. The Morgan fingerprint density at radius 1 is 1.14 bits per heavy atom. The van der Waals surface area contributed by atoms with Crippen molar-refractivity contribution >= 4 is 10.9 Å². The van der Waals surface area contributed by atoms with Gasteiger partial charge in [0.15, 0.2) is 0 Å². The molecule has 2 heterocycles. The summed E-state index contributed by atoms with van der Waals surface area (Å²) in [7, 11) is 0. The molecule has 3 rings (SSSR count). The smallest absolute Gasteiger partial charge is 0.105 e. The Balaban J connectivity index is 1.97. The third kappa shape index (κ3) is 3.14. The molecule has 21 heavy (non-hydrogen) atoms. The van der Waals surface area contributed by atoms with Gasteiger partial charge < -0.3 is 9.73 Å². The first-order valence-corrected chi connectivity index (χ1v) is 7.48. The van der Waals surface area contributed by atoms with Gasteiger partial charge in [0.2, 0.25) is 0 Å². The number of nitrogens with zero attached hydrogens (tertiary/aromatic N) is 1. The summed E-state index contributed by atoms with van der Waals surface area (Å²) in [5.41, 5.74) is 2.30. The van der Waals surface area contributed by atoms with Gasteiger partial charge in [0.1, 0.15) is 5.76 Å². The molecule has 1 unspecified atom stereocenters. The summed E-state index contributed by atoms with van der Waals surface area (Å²) in [6.07, 6.45) is 5.53. The first kappa shape index (κ1) is 13.8. The highest BCUT2D eigenvalue weighted by atomic mass is 16.3. The summed E-state index contributed by atoms with van der Waals surface area (Å²) < 4.78 is 5.52. The van der Waals surface area contributed by atoms with E-state index in [1.54, 1.807) is 6.26 Å². The average molecular weight is 280 g/mol. The molecule has 1 atom stereocenters. The first-order valence-electron chi connectivity index (χ1n) is 7.48. The highest BCUT2D eigenvalue weighted by Crippen LogP contribution is 2.25. The zero-order chi connectivity index (χ0) is 14.5. The third-order valence-corrected chi connectivity index (χ3v) is 3.67. The van der Waals surface area contributed by atoms with Crippen LogP contribution < -0.4 is 5.32 Å². The zero-order valence-electron chi connectivity index (χ0n) is 12.3. The van der Waals surface area contributed by atoms with Crippen LogP contribution in [0, 0.1) is 0 Å². The molecule has 0 fully saturated rings. The van der Waals surface area contributed by atoms with Crippen LogP contribution in [-0.2, 0) is 6.42 Å². The Hall–Kier alpha value is -2.13. The van der Waals surface area contributed by atoms with Crippen LogP contribution in [0.25, 0.3) is 10.9 Å². The molecule has 0 saturated carbocycles. The van der Waals surface area contributed by atoms with E-state index in [-0.39, 0.29) is 6.04 Å². The van der Waals surface area contributed by atoms with Crippen LogP contribution in [-0.4, -0.2) is 11.5 Å². The minimum absolute atomic E-state index is 0.217. The van der Waals surface area contributed by atoms with Crippen LogP contribution in [0.4, 0.5) is 0 Å². The normalized spacial score (nSPS) is 12.6. The molecule has 3 nitrogen and oxygen atoms in total. The summed E-state index contributed by atoms with van der Waals surface area (Å²) in [5.74, 6) is 0.997. The van der Waals surface area contributed by atoms with E-state index in [2.05, 4.69) is 41.5 Å². The van der Waals surface area contributed by atoms with Crippen molar-refractivity contribution in [2.75, 3.05) is 6.54 Å². The van der Waals surface area contributed by atoms with Gasteiger partial charge in [-0.1, -0.05) is 31.2 Å². The van der Waals surface area contributed by atoms with Gasteiger partial charge in [-0.2, -0.15) is 0 Å². The van der Waals surface area contributed by atoms with E-state index in [0.29, 0.717) is 0 Å². The number of furan rings is 1. The molecule has 0 bridgehead atoms. The highest BCUT2D eigenvalue weighted by molar-refractivity contribution is 5.82. The Labute approximate surface area is 125 Å². The first-order chi connectivity index (χ1) is 10.4. The number of hydrogen-bond acceptors (Lipinski definition) is 3. The molecule has 0 aliphatic heterocycles. The van der Waals surface area contributed by atoms with Gasteiger partial charge in [0.05, 0.1) is 11.8 Å². The summed E-state index contributed by atoms with van der Waals surface area (Å²) in [5, 5.41) is 4.79. The van der Waals surface area contributed by atoms with E-state index in [4.69, 9.17) is 4.42 Å². The van der Waals surface area contributed by atoms with Gasteiger partial charge in [-0.3, -0.25) is 4.98 Å². The molecule has 0 amide bonds. The van der Waals surface area contributed by atoms with Crippen LogP contribution in [0.3, 0.4) is 0 Å². The molecule has 1 aromatic carbocycles. The number of aromatic nitrogens is 1. The minimum Gasteiger partial charge on any atom is -0.469 e. The molecule has 1 N–H and O–H groups in total. The van der Waals surface area contributed by atoms with Crippen molar-refractivity contribution in [1.82, 2.24) is 10.3 Å². The van der Waals surface area contributed by atoms with Crippen molar-refractivity contribution in [3.8, 4) is 0 Å². The standard InChI is InChI=1S/C18H20N2O/c1-2-10-19-17(13-15-8-5-12-21-15)16-9-3-6-14-7-4-11-20-18(14)16/h3-9,11-12,17,19H,2,10,13H2,1H3. The van der Waals surface area contributed by atoms with E-state index in [9.17, 15) is 0 Å². The molecule has 3 heteroatoms. The average Bonchev–Trinajstić information content (AvgIpc) is 3.04. The monoisotopic (exact) mass is 280 g/mol. The summed E-state index contributed by atoms with van der Waals surface area (Å²) in [6.45, 7) is 3.16. The molecule has 0 spiro atoms. The molecular formula is C18H20N2O. The second-order valence-corrected chi connectivity index (χ2v) is 5.21. The van der Waals surface area contributed by atoms with Crippen molar-refractivity contribution in [3.05, 3.63) is 66.2 Å². The van der Waals surface area contributed by atoms with Crippen LogP contribution >= 0.6 is 0 Å². The van der Waals surface area contributed by atoms with Gasteiger partial charge in [0.25, 0.3) is 0 Å². The fourth-order valence-corrected chi connectivity index (χ4v) is 2.65. The van der Waals surface area contributed by atoms with Gasteiger partial charge in [-0.05, 0) is 36.7 Å². The molecule has 2 aromatic heterocycles. The third-order valence-electron chi connectivity index (χ3n) is 3.67. The number of para-hydroxylation sites is 1. The lowest BCUT2D eigenvalue weighted by Crippen LogP contribution is -2.24. The Morgan fingerprint density at radius 3 is 2.86 bits per heavy atom.